The Hall–Kier alpha value is -0.701. The summed E-state index contributed by atoms with van der Waals surface area (Å²) in [7, 11) is 0. The molecule has 0 heterocycles. The van der Waals surface area contributed by atoms with Gasteiger partial charge in [-0.15, -0.1) is 11.6 Å². The predicted octanol–water partition coefficient (Wildman–Crippen LogP) is 4.72. The van der Waals surface area contributed by atoms with Gasteiger partial charge in [-0.3, -0.25) is 0 Å². The summed E-state index contributed by atoms with van der Waals surface area (Å²) in [5, 5.41) is 2.90. The van der Waals surface area contributed by atoms with Gasteiger partial charge in [0, 0.05) is 17.8 Å². The first-order valence-corrected chi connectivity index (χ1v) is 9.24. The molecule has 2 aliphatic rings. The van der Waals surface area contributed by atoms with Crippen LogP contribution in [0.1, 0.15) is 18.4 Å². The maximum atomic E-state index is 11.9. The van der Waals surface area contributed by atoms with Crippen LogP contribution >= 0.6 is 11.6 Å². The molecule has 0 bridgehead atoms. The number of benzene rings is 1. The molecular weight excluding hydrogens is 402 g/mol. The van der Waals surface area contributed by atoms with Crippen LogP contribution in [0.2, 0.25) is 0 Å². The van der Waals surface area contributed by atoms with Crippen molar-refractivity contribution in [3.63, 3.8) is 0 Å². The molecule has 0 aromatic heterocycles. The van der Waals surface area contributed by atoms with Crippen molar-refractivity contribution in [3.05, 3.63) is 99.6 Å². The second-order valence-corrected chi connectivity index (χ2v) is 6.15. The van der Waals surface area contributed by atoms with Crippen LogP contribution in [0.15, 0.2) is 30.3 Å². The number of halogens is 1. The third-order valence-corrected chi connectivity index (χ3v) is 4.04. The molecule has 0 unspecified atom stereocenters. The van der Waals surface area contributed by atoms with Crippen LogP contribution in [0.5, 0.6) is 0 Å². The number of alkyl halides is 1. The normalized spacial score (nSPS) is 17.4. The van der Waals surface area contributed by atoms with Gasteiger partial charge in [0.25, 0.3) is 0 Å². The number of hydrogen-bond acceptors (Lipinski definition) is 2. The fourth-order valence-corrected chi connectivity index (χ4v) is 2.61. The Balaban J connectivity index is 0.000000526. The molecule has 1 aromatic carbocycles. The molecule has 0 aliphatic heterocycles. The van der Waals surface area contributed by atoms with Crippen molar-refractivity contribution in [2.24, 2.45) is 0 Å². The van der Waals surface area contributed by atoms with Gasteiger partial charge in [-0.2, -0.15) is 0 Å². The zero-order valence-corrected chi connectivity index (χ0v) is 16.9. The molecule has 27 heavy (non-hydrogen) atoms. The zero-order valence-electron chi connectivity index (χ0n) is 15.0. The molecule has 3 rings (SSSR count). The molecule has 10 radical (unpaired) electrons. The summed E-state index contributed by atoms with van der Waals surface area (Å²) in [6.45, 7) is 0.274. The van der Waals surface area contributed by atoms with E-state index in [1.165, 1.54) is 0 Å². The van der Waals surface area contributed by atoms with Crippen molar-refractivity contribution in [2.75, 3.05) is 5.88 Å². The van der Waals surface area contributed by atoms with Gasteiger partial charge in [0.15, 0.2) is 0 Å². The van der Waals surface area contributed by atoms with E-state index in [9.17, 15) is 4.79 Å². The first-order valence-electron chi connectivity index (χ1n) is 8.71. The van der Waals surface area contributed by atoms with Crippen molar-refractivity contribution in [1.29, 1.82) is 0 Å². The fraction of sp³-hybridized carbons (Fsp3) is 0.227. The summed E-state index contributed by atoms with van der Waals surface area (Å²) in [6, 6.07) is 9.57. The fourth-order valence-electron chi connectivity index (χ4n) is 2.45. The second-order valence-electron chi connectivity index (χ2n) is 5.77. The number of rotatable bonds is 7. The van der Waals surface area contributed by atoms with Crippen LogP contribution < -0.4 is 5.32 Å². The maximum absolute atomic E-state index is 11.9. The molecule has 1 aromatic rings. The van der Waals surface area contributed by atoms with Crippen LogP contribution in [0.25, 0.3) is 0 Å². The minimum atomic E-state index is -0.403. The van der Waals surface area contributed by atoms with Gasteiger partial charge in [-0.1, -0.05) is 30.3 Å². The standard InChI is InChI=1S/C17H19ClNO2.C5H5.Fe/c18-12-6-11-16(15-9-4-5-10-15)19-17(20)21-13-14-7-2-1-3-8-14;1-2-4-5-3-1;/h1-5,7-10,16H,6,11-13H2,(H,19,20);1-5H;/q;;+2/t16-;;/m1../s1. The molecule has 1 atom stereocenters. The van der Waals surface area contributed by atoms with E-state index >= 15 is 0 Å². The topological polar surface area (TPSA) is 38.3 Å². The van der Waals surface area contributed by atoms with Gasteiger partial charge in [0.05, 0.1) is 0 Å². The Bertz CT molecular complexity index is 483. The number of carbonyl (C=O) groups excluding carboxylic acids is 1. The van der Waals surface area contributed by atoms with Gasteiger partial charge < -0.3 is 10.1 Å². The molecule has 5 heteroatoms. The second kappa shape index (κ2) is 15.2. The summed E-state index contributed by atoms with van der Waals surface area (Å²) >= 11 is 5.74. The Morgan fingerprint density at radius 3 is 2.11 bits per heavy atom. The Labute approximate surface area is 180 Å². The van der Waals surface area contributed by atoms with Gasteiger partial charge in [-0.05, 0) is 76.2 Å². The van der Waals surface area contributed by atoms with Crippen LogP contribution in [0, 0.1) is 63.7 Å². The summed E-state index contributed by atoms with van der Waals surface area (Å²) in [6.07, 6.45) is 19.1. The minimum absolute atomic E-state index is 0. The molecule has 0 spiro atoms. The van der Waals surface area contributed by atoms with E-state index in [0.29, 0.717) is 5.88 Å². The molecule has 2 aliphatic carbocycles. The zero-order chi connectivity index (χ0) is 18.5. The van der Waals surface area contributed by atoms with E-state index in [1.54, 1.807) is 0 Å². The van der Waals surface area contributed by atoms with E-state index in [4.69, 9.17) is 16.3 Å². The van der Waals surface area contributed by atoms with Crippen LogP contribution in [0.4, 0.5) is 4.79 Å². The van der Waals surface area contributed by atoms with E-state index in [1.807, 2.05) is 88.1 Å². The van der Waals surface area contributed by atoms with Gasteiger partial charge in [-0.25, -0.2) is 4.79 Å². The SMILES string of the molecule is O=C(N[C@H](CCCCl)[C]1[CH][CH][CH][CH]1)OCc1ccccc1.[CH]1[CH][CH][CH][CH]1.[Fe+2]. The third-order valence-electron chi connectivity index (χ3n) is 3.78. The van der Waals surface area contributed by atoms with Crippen molar-refractivity contribution in [3.8, 4) is 0 Å². The molecule has 142 valence electrons. The van der Waals surface area contributed by atoms with Gasteiger partial charge >= 0.3 is 23.2 Å². The summed E-state index contributed by atoms with van der Waals surface area (Å²) in [4.78, 5) is 11.9. The Morgan fingerprint density at radius 2 is 1.56 bits per heavy atom. The monoisotopic (exact) mass is 425 g/mol. The summed E-state index contributed by atoms with van der Waals surface area (Å²) < 4.78 is 5.25. The van der Waals surface area contributed by atoms with Crippen molar-refractivity contribution >= 4 is 17.7 Å². The van der Waals surface area contributed by atoms with Gasteiger partial charge in [0.2, 0.25) is 0 Å². The Morgan fingerprint density at radius 1 is 0.963 bits per heavy atom. The first-order chi connectivity index (χ1) is 12.8. The van der Waals surface area contributed by atoms with Crippen molar-refractivity contribution < 1.29 is 26.6 Å². The number of amides is 1. The smallest absolute Gasteiger partial charge is 0.445 e. The van der Waals surface area contributed by atoms with Crippen LogP contribution in [-0.2, 0) is 28.4 Å². The largest absolute Gasteiger partial charge is 2.00 e. The Kier molecular flexibility index (Phi) is 13.7. The third kappa shape index (κ3) is 10.4. The number of ether oxygens (including phenoxy) is 1. The summed E-state index contributed by atoms with van der Waals surface area (Å²) in [5.41, 5.74) is 0.971. The van der Waals surface area contributed by atoms with Crippen LogP contribution in [0.3, 0.4) is 0 Å². The van der Waals surface area contributed by atoms with Crippen LogP contribution in [-0.4, -0.2) is 18.0 Å². The number of nitrogens with one attached hydrogen (secondary N) is 1. The van der Waals surface area contributed by atoms with E-state index in [0.717, 1.165) is 24.3 Å². The molecular formula is C22H24ClFeNO2+2. The first kappa shape index (κ1) is 24.3. The number of carbonyl (C=O) groups is 1. The average molecular weight is 426 g/mol. The molecule has 0 saturated heterocycles. The quantitative estimate of drug-likeness (QED) is 0.507. The molecule has 2 saturated carbocycles. The van der Waals surface area contributed by atoms with E-state index in [-0.39, 0.29) is 29.7 Å². The number of alkyl carbamates (subject to hydrolysis) is 1. The molecule has 2 fully saturated rings. The number of hydrogen-bond donors (Lipinski definition) is 1. The average Bonchev–Trinajstić information content (AvgIpc) is 3.40. The maximum Gasteiger partial charge on any atom is 2.00 e. The summed E-state index contributed by atoms with van der Waals surface area (Å²) in [5.74, 6) is 1.66. The minimum Gasteiger partial charge on any atom is -0.445 e. The van der Waals surface area contributed by atoms with Gasteiger partial charge in [0.1, 0.15) is 6.61 Å². The molecule has 3 nitrogen and oxygen atoms in total. The van der Waals surface area contributed by atoms with E-state index < -0.39 is 6.09 Å². The van der Waals surface area contributed by atoms with E-state index in [2.05, 4.69) is 5.32 Å². The molecule has 1 amide bonds. The molecule has 1 N–H and O–H groups in total. The van der Waals surface area contributed by atoms with Crippen molar-refractivity contribution in [1.82, 2.24) is 5.32 Å². The predicted molar refractivity (Wildman–Crippen MR) is 105 cm³/mol. The van der Waals surface area contributed by atoms with Crippen molar-refractivity contribution in [2.45, 2.75) is 25.5 Å².